The third kappa shape index (κ3) is 4.33. The number of hydrogen-bond acceptors (Lipinski definition) is 4. The van der Waals surface area contributed by atoms with E-state index in [1.165, 1.54) is 5.56 Å². The Morgan fingerprint density at radius 1 is 1.23 bits per heavy atom. The van der Waals surface area contributed by atoms with E-state index in [1.807, 2.05) is 37.9 Å². The molecule has 7 nitrogen and oxygen atoms in total. The van der Waals surface area contributed by atoms with E-state index in [-0.39, 0.29) is 23.4 Å². The van der Waals surface area contributed by atoms with Crippen LogP contribution in [0, 0.1) is 5.41 Å². The van der Waals surface area contributed by atoms with E-state index in [0.717, 1.165) is 19.6 Å². The highest BCUT2D eigenvalue weighted by Gasteiger charge is 2.46. The summed E-state index contributed by atoms with van der Waals surface area (Å²) >= 11 is 0. The third-order valence-electron chi connectivity index (χ3n) is 5.15. The molecule has 1 atom stereocenters. The molecule has 7 heteroatoms. The minimum Gasteiger partial charge on any atom is -0.345 e. The van der Waals surface area contributed by atoms with E-state index in [1.54, 1.807) is 17.3 Å². The highest BCUT2D eigenvalue weighted by Crippen LogP contribution is 2.34. The van der Waals surface area contributed by atoms with Gasteiger partial charge in [-0.2, -0.15) is 0 Å². The van der Waals surface area contributed by atoms with Crippen LogP contribution < -0.4 is 5.32 Å². The number of nitrogens with zero attached hydrogens (tertiary/aromatic N) is 4. The smallest absolute Gasteiger partial charge is 0.317 e. The van der Waals surface area contributed by atoms with E-state index in [2.05, 4.69) is 15.2 Å². The van der Waals surface area contributed by atoms with Crippen molar-refractivity contribution in [3.63, 3.8) is 0 Å². The van der Waals surface area contributed by atoms with Crippen molar-refractivity contribution in [2.45, 2.75) is 32.9 Å². The quantitative estimate of drug-likeness (QED) is 0.880. The van der Waals surface area contributed by atoms with Crippen LogP contribution in [-0.4, -0.2) is 77.4 Å². The van der Waals surface area contributed by atoms with Gasteiger partial charge in [-0.25, -0.2) is 4.79 Å². The van der Waals surface area contributed by atoms with Crippen LogP contribution in [0.4, 0.5) is 4.79 Å². The molecular weight excluding hydrogens is 330 g/mol. The summed E-state index contributed by atoms with van der Waals surface area (Å²) in [6, 6.07) is 4.11. The summed E-state index contributed by atoms with van der Waals surface area (Å²) in [6.07, 6.45) is 4.11. The molecule has 1 unspecified atom stereocenters. The second-order valence-corrected chi connectivity index (χ2v) is 8.02. The van der Waals surface area contributed by atoms with E-state index >= 15 is 0 Å². The fraction of sp³-hybridized carbons (Fsp3) is 0.632. The van der Waals surface area contributed by atoms with Crippen molar-refractivity contribution in [3.8, 4) is 0 Å². The molecule has 3 rings (SSSR count). The summed E-state index contributed by atoms with van der Waals surface area (Å²) in [7, 11) is 1.85. The van der Waals surface area contributed by atoms with Crippen LogP contribution in [0.25, 0.3) is 0 Å². The average Bonchev–Trinajstić information content (AvgIpc) is 2.74. The topological polar surface area (TPSA) is 68.8 Å². The summed E-state index contributed by atoms with van der Waals surface area (Å²) in [4.78, 5) is 35.0. The molecule has 1 spiro atoms. The van der Waals surface area contributed by atoms with Crippen LogP contribution in [-0.2, 0) is 11.3 Å². The van der Waals surface area contributed by atoms with Gasteiger partial charge < -0.3 is 15.1 Å². The lowest BCUT2D eigenvalue weighted by Gasteiger charge is -2.33. The zero-order valence-corrected chi connectivity index (χ0v) is 15.9. The number of rotatable bonds is 3. The second-order valence-electron chi connectivity index (χ2n) is 8.02. The molecule has 0 radical (unpaired) electrons. The van der Waals surface area contributed by atoms with Crippen LogP contribution in [0.5, 0.6) is 0 Å². The van der Waals surface area contributed by atoms with E-state index in [0.29, 0.717) is 26.1 Å². The van der Waals surface area contributed by atoms with E-state index in [4.69, 9.17) is 0 Å². The monoisotopic (exact) mass is 359 g/mol. The van der Waals surface area contributed by atoms with Gasteiger partial charge in [-0.05, 0) is 31.5 Å². The van der Waals surface area contributed by atoms with Gasteiger partial charge in [0.2, 0.25) is 5.91 Å². The molecule has 0 aromatic carbocycles. The number of carbonyl (C=O) groups is 2. The van der Waals surface area contributed by atoms with Crippen molar-refractivity contribution in [1.29, 1.82) is 0 Å². The van der Waals surface area contributed by atoms with Crippen LogP contribution in [0.15, 0.2) is 24.5 Å². The number of aromatic nitrogens is 1. The lowest BCUT2D eigenvalue weighted by molar-refractivity contribution is -0.126. The average molecular weight is 359 g/mol. The number of pyridine rings is 1. The maximum Gasteiger partial charge on any atom is 0.317 e. The largest absolute Gasteiger partial charge is 0.345 e. The number of urea groups is 1. The second kappa shape index (κ2) is 7.61. The molecular formula is C19H29N5O2. The van der Waals surface area contributed by atoms with Gasteiger partial charge in [-0.15, -0.1) is 0 Å². The van der Waals surface area contributed by atoms with Crippen LogP contribution in [0.3, 0.4) is 0 Å². The van der Waals surface area contributed by atoms with Gasteiger partial charge in [-0.1, -0.05) is 0 Å². The van der Waals surface area contributed by atoms with Gasteiger partial charge in [0.1, 0.15) is 0 Å². The van der Waals surface area contributed by atoms with Crippen molar-refractivity contribution in [2.75, 3.05) is 39.8 Å². The van der Waals surface area contributed by atoms with E-state index < -0.39 is 0 Å². The molecule has 3 amide bonds. The minimum absolute atomic E-state index is 0.0351. The first-order valence-corrected chi connectivity index (χ1v) is 9.28. The van der Waals surface area contributed by atoms with Gasteiger partial charge in [0.15, 0.2) is 0 Å². The highest BCUT2D eigenvalue weighted by molar-refractivity contribution is 5.80. The molecule has 1 aromatic heterocycles. The van der Waals surface area contributed by atoms with E-state index in [9.17, 15) is 9.59 Å². The number of amides is 3. The summed E-state index contributed by atoms with van der Waals surface area (Å²) in [6.45, 7) is 8.34. The summed E-state index contributed by atoms with van der Waals surface area (Å²) in [5.41, 5.74) is 0.997. The molecule has 2 saturated heterocycles. The van der Waals surface area contributed by atoms with Crippen molar-refractivity contribution in [1.82, 2.24) is 25.0 Å². The van der Waals surface area contributed by atoms with Gasteiger partial charge in [-0.3, -0.25) is 14.7 Å². The minimum atomic E-state index is -0.205. The maximum absolute atomic E-state index is 12.6. The first-order valence-electron chi connectivity index (χ1n) is 9.28. The van der Waals surface area contributed by atoms with Crippen LogP contribution in [0.1, 0.15) is 25.8 Å². The molecule has 142 valence electrons. The predicted molar refractivity (Wildman–Crippen MR) is 99.4 cm³/mol. The molecule has 1 aromatic rings. The summed E-state index contributed by atoms with van der Waals surface area (Å²) in [5, 5.41) is 3.00. The first-order chi connectivity index (χ1) is 12.4. The summed E-state index contributed by atoms with van der Waals surface area (Å²) in [5.74, 6) is 0.167. The van der Waals surface area contributed by atoms with Gasteiger partial charge in [0.05, 0.1) is 0 Å². The zero-order chi connectivity index (χ0) is 18.7. The Bertz CT molecular complexity index is 651. The van der Waals surface area contributed by atoms with Crippen molar-refractivity contribution in [2.24, 2.45) is 5.41 Å². The molecule has 0 saturated carbocycles. The number of nitrogens with one attached hydrogen (secondary N) is 1. The normalized spacial score (nSPS) is 24.4. The molecule has 26 heavy (non-hydrogen) atoms. The Balaban J connectivity index is 1.78. The number of likely N-dealkylation sites (tertiary alicyclic amines) is 1. The molecule has 1 N–H and O–H groups in total. The maximum atomic E-state index is 12.6. The molecule has 0 aliphatic carbocycles. The molecule has 2 fully saturated rings. The third-order valence-corrected chi connectivity index (χ3v) is 5.15. The van der Waals surface area contributed by atoms with Crippen LogP contribution in [0.2, 0.25) is 0 Å². The number of hydrogen-bond donors (Lipinski definition) is 1. The molecule has 2 aliphatic rings. The molecule has 3 heterocycles. The van der Waals surface area contributed by atoms with Crippen molar-refractivity contribution >= 4 is 11.9 Å². The van der Waals surface area contributed by atoms with Crippen LogP contribution >= 0.6 is 0 Å². The molecule has 0 bridgehead atoms. The lowest BCUT2D eigenvalue weighted by Crippen LogP contribution is -2.48. The Morgan fingerprint density at radius 3 is 2.58 bits per heavy atom. The highest BCUT2D eigenvalue weighted by atomic mass is 16.2. The lowest BCUT2D eigenvalue weighted by atomic mass is 9.86. The fourth-order valence-electron chi connectivity index (χ4n) is 4.06. The Kier molecular flexibility index (Phi) is 5.46. The Labute approximate surface area is 155 Å². The molecule has 2 aliphatic heterocycles. The summed E-state index contributed by atoms with van der Waals surface area (Å²) < 4.78 is 0. The van der Waals surface area contributed by atoms with Crippen molar-refractivity contribution in [3.05, 3.63) is 30.1 Å². The van der Waals surface area contributed by atoms with Gasteiger partial charge >= 0.3 is 6.03 Å². The zero-order valence-electron chi connectivity index (χ0n) is 15.9. The SMILES string of the molecule is CC(C)NC(=O)N1CCN(Cc2ccncc2)CC2(CC(=O)N(C)C2)C1. The predicted octanol–water partition coefficient (Wildman–Crippen LogP) is 1.17. The Morgan fingerprint density at radius 2 is 1.96 bits per heavy atom. The first kappa shape index (κ1) is 18.6. The fourth-order valence-corrected chi connectivity index (χ4v) is 4.06. The standard InChI is InChI=1S/C19H29N5O2/c1-15(2)21-18(26)24-9-8-23(11-16-4-6-20-7-5-16)13-19(14-24)10-17(25)22(3)12-19/h4-7,15H,8-14H2,1-3H3,(H,21,26). The van der Waals surface area contributed by atoms with Gasteiger partial charge in [0.25, 0.3) is 0 Å². The van der Waals surface area contributed by atoms with Gasteiger partial charge in [0, 0.05) is 76.6 Å². The number of carbonyl (C=O) groups excluding carboxylic acids is 2. The van der Waals surface area contributed by atoms with Crippen molar-refractivity contribution < 1.29 is 9.59 Å². The Hall–Kier alpha value is -2.15.